The van der Waals surface area contributed by atoms with Crippen LogP contribution in [-0.4, -0.2) is 34.6 Å². The monoisotopic (exact) mass is 290 g/mol. The first-order valence-corrected chi connectivity index (χ1v) is 6.12. The van der Waals surface area contributed by atoms with Crippen molar-refractivity contribution in [1.82, 2.24) is 9.97 Å². The SMILES string of the molecule is NC1(C(=O)Nc2ncnc(Cl)c2Cl)CCOCC1. The van der Waals surface area contributed by atoms with Gasteiger partial charge in [0.25, 0.3) is 0 Å². The van der Waals surface area contributed by atoms with Crippen molar-refractivity contribution >= 4 is 34.9 Å². The van der Waals surface area contributed by atoms with E-state index in [1.54, 1.807) is 0 Å². The van der Waals surface area contributed by atoms with Crippen LogP contribution in [0.25, 0.3) is 0 Å². The lowest BCUT2D eigenvalue weighted by molar-refractivity contribution is -0.124. The second kappa shape index (κ2) is 5.36. The second-order valence-electron chi connectivity index (χ2n) is 4.05. The molecule has 0 atom stereocenters. The van der Waals surface area contributed by atoms with Gasteiger partial charge >= 0.3 is 0 Å². The van der Waals surface area contributed by atoms with Gasteiger partial charge in [0.05, 0.1) is 0 Å². The molecule has 0 spiro atoms. The summed E-state index contributed by atoms with van der Waals surface area (Å²) in [5, 5.41) is 2.76. The molecule has 0 radical (unpaired) electrons. The van der Waals surface area contributed by atoms with E-state index in [2.05, 4.69) is 15.3 Å². The van der Waals surface area contributed by atoms with Crippen molar-refractivity contribution in [2.75, 3.05) is 18.5 Å². The maximum atomic E-state index is 12.1. The summed E-state index contributed by atoms with van der Waals surface area (Å²) in [5.74, 6) is -0.180. The number of rotatable bonds is 2. The van der Waals surface area contributed by atoms with Crippen LogP contribution in [0.15, 0.2) is 6.33 Å². The number of carbonyl (C=O) groups is 1. The molecule has 1 aromatic heterocycles. The van der Waals surface area contributed by atoms with E-state index in [0.29, 0.717) is 26.1 Å². The fourth-order valence-electron chi connectivity index (χ4n) is 1.63. The molecule has 8 heteroatoms. The number of hydrogen-bond donors (Lipinski definition) is 2. The van der Waals surface area contributed by atoms with Gasteiger partial charge in [-0.05, 0) is 12.8 Å². The number of aromatic nitrogens is 2. The number of nitrogens with two attached hydrogens (primary N) is 1. The van der Waals surface area contributed by atoms with Crippen LogP contribution in [0.1, 0.15) is 12.8 Å². The van der Waals surface area contributed by atoms with E-state index in [-0.39, 0.29) is 21.9 Å². The highest BCUT2D eigenvalue weighted by Crippen LogP contribution is 2.27. The molecular weight excluding hydrogens is 279 g/mol. The van der Waals surface area contributed by atoms with Crippen molar-refractivity contribution in [2.45, 2.75) is 18.4 Å². The van der Waals surface area contributed by atoms with Gasteiger partial charge in [0.2, 0.25) is 5.91 Å². The molecule has 1 aliphatic heterocycles. The van der Waals surface area contributed by atoms with Gasteiger partial charge in [0.1, 0.15) is 16.9 Å². The first kappa shape index (κ1) is 13.5. The van der Waals surface area contributed by atoms with Crippen molar-refractivity contribution in [3.63, 3.8) is 0 Å². The molecule has 1 fully saturated rings. The molecule has 0 bridgehead atoms. The molecule has 0 aliphatic carbocycles. The van der Waals surface area contributed by atoms with Gasteiger partial charge in [0, 0.05) is 13.2 Å². The number of ether oxygens (including phenoxy) is 1. The summed E-state index contributed by atoms with van der Waals surface area (Å²) < 4.78 is 5.18. The van der Waals surface area contributed by atoms with Gasteiger partial charge in [-0.15, -0.1) is 0 Å². The van der Waals surface area contributed by atoms with E-state index >= 15 is 0 Å². The minimum absolute atomic E-state index is 0.0833. The number of carbonyl (C=O) groups excluding carboxylic acids is 1. The fraction of sp³-hybridized carbons (Fsp3) is 0.500. The minimum Gasteiger partial charge on any atom is -0.381 e. The van der Waals surface area contributed by atoms with Crippen LogP contribution in [0.2, 0.25) is 10.2 Å². The van der Waals surface area contributed by atoms with Crippen LogP contribution in [0.5, 0.6) is 0 Å². The van der Waals surface area contributed by atoms with Gasteiger partial charge in [-0.3, -0.25) is 4.79 Å². The third-order valence-corrected chi connectivity index (χ3v) is 3.56. The van der Waals surface area contributed by atoms with Gasteiger partial charge in [0.15, 0.2) is 11.0 Å². The zero-order chi connectivity index (χ0) is 13.2. The number of nitrogens with one attached hydrogen (secondary N) is 1. The van der Waals surface area contributed by atoms with Crippen molar-refractivity contribution < 1.29 is 9.53 Å². The average molecular weight is 291 g/mol. The van der Waals surface area contributed by atoms with Gasteiger partial charge in [-0.2, -0.15) is 0 Å². The third-order valence-electron chi connectivity index (χ3n) is 2.82. The number of anilines is 1. The smallest absolute Gasteiger partial charge is 0.245 e. The molecule has 6 nitrogen and oxygen atoms in total. The molecule has 3 N–H and O–H groups in total. The van der Waals surface area contributed by atoms with Gasteiger partial charge < -0.3 is 15.8 Å². The number of hydrogen-bond acceptors (Lipinski definition) is 5. The van der Waals surface area contributed by atoms with Crippen molar-refractivity contribution in [3.8, 4) is 0 Å². The number of nitrogens with zero attached hydrogens (tertiary/aromatic N) is 2. The lowest BCUT2D eigenvalue weighted by Crippen LogP contribution is -2.54. The van der Waals surface area contributed by atoms with Crippen LogP contribution in [0.3, 0.4) is 0 Å². The molecule has 0 saturated carbocycles. The Kier molecular flexibility index (Phi) is 4.01. The summed E-state index contributed by atoms with van der Waals surface area (Å²) >= 11 is 11.6. The molecule has 18 heavy (non-hydrogen) atoms. The average Bonchev–Trinajstić information content (AvgIpc) is 2.36. The summed E-state index contributed by atoms with van der Waals surface area (Å²) in [6, 6.07) is 0. The van der Waals surface area contributed by atoms with Crippen LogP contribution in [0, 0.1) is 0 Å². The first-order valence-electron chi connectivity index (χ1n) is 5.37. The summed E-state index contributed by atoms with van der Waals surface area (Å²) in [4.78, 5) is 19.7. The van der Waals surface area contributed by atoms with Crippen LogP contribution >= 0.6 is 23.2 Å². The summed E-state index contributed by atoms with van der Waals surface area (Å²) in [6.45, 7) is 0.921. The topological polar surface area (TPSA) is 90.1 Å². The Bertz CT molecular complexity index is 463. The standard InChI is InChI=1S/C10H12Cl2N4O2/c11-6-7(12)14-5-15-8(6)16-9(17)10(13)1-3-18-4-2-10/h5H,1-4,13H2,(H,14,15,16,17). The lowest BCUT2D eigenvalue weighted by Gasteiger charge is -2.31. The van der Waals surface area contributed by atoms with E-state index in [4.69, 9.17) is 33.7 Å². The Labute approximate surface area is 114 Å². The lowest BCUT2D eigenvalue weighted by atomic mass is 9.90. The molecule has 1 aromatic rings. The maximum absolute atomic E-state index is 12.1. The predicted octanol–water partition coefficient (Wildman–Crippen LogP) is 1.23. The van der Waals surface area contributed by atoms with E-state index in [0.717, 1.165) is 0 Å². The fourth-order valence-corrected chi connectivity index (χ4v) is 1.91. The minimum atomic E-state index is -0.959. The maximum Gasteiger partial charge on any atom is 0.245 e. The van der Waals surface area contributed by atoms with Gasteiger partial charge in [-0.25, -0.2) is 9.97 Å². The summed E-state index contributed by atoms with van der Waals surface area (Å²) in [7, 11) is 0. The van der Waals surface area contributed by atoms with Crippen LogP contribution in [-0.2, 0) is 9.53 Å². The van der Waals surface area contributed by atoms with Crippen molar-refractivity contribution in [2.24, 2.45) is 5.73 Å². The highest BCUT2D eigenvalue weighted by molar-refractivity contribution is 6.43. The molecular formula is C10H12Cl2N4O2. The highest BCUT2D eigenvalue weighted by Gasteiger charge is 2.36. The first-order chi connectivity index (χ1) is 8.53. The van der Waals surface area contributed by atoms with Crippen molar-refractivity contribution in [1.29, 1.82) is 0 Å². The van der Waals surface area contributed by atoms with Gasteiger partial charge in [-0.1, -0.05) is 23.2 Å². The molecule has 2 rings (SSSR count). The third kappa shape index (κ3) is 2.72. The molecule has 1 aliphatic rings. The highest BCUT2D eigenvalue weighted by atomic mass is 35.5. The Morgan fingerprint density at radius 3 is 2.72 bits per heavy atom. The zero-order valence-corrected chi connectivity index (χ0v) is 11.0. The molecule has 2 heterocycles. The van der Waals surface area contributed by atoms with E-state index in [1.165, 1.54) is 6.33 Å². The quantitative estimate of drug-likeness (QED) is 0.800. The molecule has 1 saturated heterocycles. The molecule has 0 unspecified atom stereocenters. The Balaban J connectivity index is 2.13. The normalized spacial score (nSPS) is 18.4. The Hall–Kier alpha value is -0.950. The van der Waals surface area contributed by atoms with Crippen LogP contribution < -0.4 is 11.1 Å². The second-order valence-corrected chi connectivity index (χ2v) is 4.79. The Morgan fingerprint density at radius 1 is 1.39 bits per heavy atom. The predicted molar refractivity (Wildman–Crippen MR) is 67.7 cm³/mol. The molecule has 98 valence electrons. The van der Waals surface area contributed by atoms with Crippen LogP contribution in [0.4, 0.5) is 5.82 Å². The molecule has 1 amide bonds. The molecule has 0 aromatic carbocycles. The zero-order valence-electron chi connectivity index (χ0n) is 9.45. The van der Waals surface area contributed by atoms with E-state index in [1.807, 2.05) is 0 Å². The van der Waals surface area contributed by atoms with Crippen molar-refractivity contribution in [3.05, 3.63) is 16.5 Å². The van der Waals surface area contributed by atoms with E-state index < -0.39 is 5.54 Å². The number of amides is 1. The summed E-state index contributed by atoms with van der Waals surface area (Å²) in [5.41, 5.74) is 5.07. The largest absolute Gasteiger partial charge is 0.381 e. The van der Waals surface area contributed by atoms with E-state index in [9.17, 15) is 4.79 Å². The summed E-state index contributed by atoms with van der Waals surface area (Å²) in [6.07, 6.45) is 2.13. The number of halogens is 2. The Morgan fingerprint density at radius 2 is 2.06 bits per heavy atom.